The number of pyridine rings is 1. The molecule has 0 radical (unpaired) electrons. The summed E-state index contributed by atoms with van der Waals surface area (Å²) in [6.45, 7) is 1.84. The van der Waals surface area contributed by atoms with Crippen molar-refractivity contribution in [1.82, 2.24) is 4.98 Å². The van der Waals surface area contributed by atoms with E-state index >= 15 is 0 Å². The molecule has 0 aliphatic heterocycles. The van der Waals surface area contributed by atoms with Crippen molar-refractivity contribution >= 4 is 33.9 Å². The molecular weight excluding hydrogens is 396 g/mol. The first kappa shape index (κ1) is 20.0. The van der Waals surface area contributed by atoms with Gasteiger partial charge in [-0.1, -0.05) is 36.7 Å². The number of nitrogens with one attached hydrogen (secondary N) is 1. The van der Waals surface area contributed by atoms with Gasteiger partial charge in [0.1, 0.15) is 10.7 Å². The Bertz CT molecular complexity index is 1040. The molecule has 0 saturated carbocycles. The summed E-state index contributed by atoms with van der Waals surface area (Å²) >= 11 is 6.27. The molecule has 0 aliphatic rings. The summed E-state index contributed by atoms with van der Waals surface area (Å²) in [5, 5.41) is 3.40. The molecule has 1 aromatic heterocycles. The Labute approximate surface area is 170 Å². The number of anilines is 1. The first-order valence-electron chi connectivity index (χ1n) is 8.68. The molecule has 2 aromatic carbocycles. The third-order valence-electron chi connectivity index (χ3n) is 4.33. The predicted molar refractivity (Wildman–Crippen MR) is 113 cm³/mol. The summed E-state index contributed by atoms with van der Waals surface area (Å²) in [6.07, 6.45) is 1.68. The van der Waals surface area contributed by atoms with Gasteiger partial charge in [0, 0.05) is 23.0 Å². The molecule has 1 atom stereocenters. The monoisotopic (exact) mass is 414 g/mol. The number of halogens is 1. The van der Waals surface area contributed by atoms with Gasteiger partial charge in [-0.15, -0.1) is 0 Å². The quantitative estimate of drug-likeness (QED) is 0.587. The number of carbonyl (C=O) groups is 1. The van der Waals surface area contributed by atoms with Crippen LogP contribution >= 0.6 is 11.6 Å². The summed E-state index contributed by atoms with van der Waals surface area (Å²) < 4.78 is 21.7. The minimum atomic E-state index is -2.44. The molecule has 1 unspecified atom stereocenters. The third-order valence-corrected chi connectivity index (χ3v) is 5.51. The van der Waals surface area contributed by atoms with Crippen molar-refractivity contribution < 1.29 is 13.2 Å². The molecular formula is C21H19ClN2O3S. The van der Waals surface area contributed by atoms with Crippen molar-refractivity contribution in [2.75, 3.05) is 11.1 Å². The molecule has 0 aliphatic carbocycles. The largest absolute Gasteiger partial charge is 0.322 e. The molecule has 1 amide bonds. The van der Waals surface area contributed by atoms with Crippen LogP contribution in [0.4, 0.5) is 5.69 Å². The molecule has 3 aromatic rings. The van der Waals surface area contributed by atoms with Crippen molar-refractivity contribution in [3.8, 4) is 11.3 Å². The van der Waals surface area contributed by atoms with E-state index in [1.807, 2.05) is 25.1 Å². The predicted octanol–water partition coefficient (Wildman–Crippen LogP) is 4.37. The lowest BCUT2D eigenvalue weighted by molar-refractivity contribution is 0.102. The molecule has 0 saturated heterocycles. The lowest BCUT2D eigenvalue weighted by Gasteiger charge is -2.11. The number of amides is 1. The average molecular weight is 415 g/mol. The molecule has 1 N–H and O–H groups in total. The normalized spacial score (nSPS) is 12.0. The fourth-order valence-electron chi connectivity index (χ4n) is 2.82. The topological polar surface area (TPSA) is 76.1 Å². The van der Waals surface area contributed by atoms with Crippen LogP contribution in [-0.2, 0) is 10.7 Å². The van der Waals surface area contributed by atoms with E-state index in [0.717, 1.165) is 16.8 Å². The minimum absolute atomic E-state index is 0.0853. The summed E-state index contributed by atoms with van der Waals surface area (Å²) in [4.78, 5) is 16.8. The van der Waals surface area contributed by atoms with Gasteiger partial charge < -0.3 is 5.32 Å². The van der Waals surface area contributed by atoms with Gasteiger partial charge in [-0.3, -0.25) is 9.78 Å². The van der Waals surface area contributed by atoms with Gasteiger partial charge in [-0.05, 0) is 53.9 Å². The zero-order valence-electron chi connectivity index (χ0n) is 15.1. The number of thiol groups is 1. The van der Waals surface area contributed by atoms with Crippen LogP contribution in [0, 0.1) is 0 Å². The molecule has 0 fully saturated rings. The number of carbonyl (C=O) groups excluding carboxylic acids is 1. The van der Waals surface area contributed by atoms with Crippen molar-refractivity contribution in [2.24, 2.45) is 0 Å². The summed E-state index contributed by atoms with van der Waals surface area (Å²) in [5.74, 6) is -0.291. The molecule has 7 heteroatoms. The Morgan fingerprint density at radius 2 is 1.86 bits per heavy atom. The molecule has 144 valence electrons. The second kappa shape index (κ2) is 8.99. The Kier molecular flexibility index (Phi) is 6.44. The highest BCUT2D eigenvalue weighted by molar-refractivity contribution is 7.72. The third kappa shape index (κ3) is 4.97. The van der Waals surface area contributed by atoms with Crippen molar-refractivity contribution in [2.45, 2.75) is 12.8 Å². The number of aromatic nitrogens is 1. The highest BCUT2D eigenvalue weighted by Gasteiger charge is 2.11. The molecule has 3 rings (SSSR count). The number of benzene rings is 2. The van der Waals surface area contributed by atoms with Crippen molar-refractivity contribution in [1.29, 1.82) is 0 Å². The van der Waals surface area contributed by atoms with Crippen LogP contribution in [0.15, 0.2) is 66.9 Å². The zero-order chi connectivity index (χ0) is 20.1. The van der Waals surface area contributed by atoms with Crippen LogP contribution in [0.2, 0.25) is 5.02 Å². The maximum absolute atomic E-state index is 12.5. The van der Waals surface area contributed by atoms with E-state index in [1.165, 1.54) is 0 Å². The van der Waals surface area contributed by atoms with E-state index in [4.69, 9.17) is 11.6 Å². The molecule has 1 heterocycles. The number of rotatable bonds is 6. The molecule has 0 bridgehead atoms. The van der Waals surface area contributed by atoms with Gasteiger partial charge in [0.05, 0.1) is 16.5 Å². The van der Waals surface area contributed by atoms with Crippen LogP contribution in [0.3, 0.4) is 0 Å². The van der Waals surface area contributed by atoms with Crippen LogP contribution in [0.1, 0.15) is 28.8 Å². The van der Waals surface area contributed by atoms with Crippen LogP contribution in [-0.4, -0.2) is 25.1 Å². The molecule has 0 spiro atoms. The summed E-state index contributed by atoms with van der Waals surface area (Å²) in [6, 6.07) is 17.7. The SMILES string of the molecule is CC(C[SH](=O)=O)c1ccc(C(=O)Nc2ccc(Cl)c(-c3ccccn3)c2)cc1. The standard InChI is InChI=1S/C21H19ClN2O3S/c1-14(13-28(26)27)15-5-7-16(8-6-15)21(25)24-17-9-10-19(22)18(12-17)20-4-2-3-11-23-20/h2-12,14,28H,13H2,1H3,(H,24,25). The fraction of sp³-hybridized carbons (Fsp3) is 0.143. The van der Waals surface area contributed by atoms with E-state index in [9.17, 15) is 13.2 Å². The van der Waals surface area contributed by atoms with Crippen LogP contribution in [0.25, 0.3) is 11.3 Å². The van der Waals surface area contributed by atoms with Crippen LogP contribution in [0.5, 0.6) is 0 Å². The van der Waals surface area contributed by atoms with E-state index in [0.29, 0.717) is 16.3 Å². The first-order valence-corrected chi connectivity index (χ1v) is 10.4. The van der Waals surface area contributed by atoms with E-state index in [2.05, 4.69) is 10.3 Å². The Balaban J connectivity index is 1.76. The number of hydrogen-bond acceptors (Lipinski definition) is 4. The summed E-state index contributed by atoms with van der Waals surface area (Å²) in [7, 11) is -2.44. The number of hydrogen-bond donors (Lipinski definition) is 2. The van der Waals surface area contributed by atoms with Crippen molar-refractivity contribution in [3.05, 3.63) is 83.0 Å². The lowest BCUT2D eigenvalue weighted by Crippen LogP contribution is -2.12. The second-order valence-electron chi connectivity index (χ2n) is 6.40. The Hall–Kier alpha value is -2.70. The van der Waals surface area contributed by atoms with Gasteiger partial charge in [0.2, 0.25) is 0 Å². The Morgan fingerprint density at radius 1 is 1.11 bits per heavy atom. The van der Waals surface area contributed by atoms with Gasteiger partial charge in [-0.2, -0.15) is 0 Å². The Morgan fingerprint density at radius 3 is 2.50 bits per heavy atom. The minimum Gasteiger partial charge on any atom is -0.322 e. The maximum atomic E-state index is 12.5. The molecule has 28 heavy (non-hydrogen) atoms. The first-order chi connectivity index (χ1) is 13.4. The van der Waals surface area contributed by atoms with E-state index < -0.39 is 10.7 Å². The fourth-order valence-corrected chi connectivity index (χ4v) is 3.69. The maximum Gasteiger partial charge on any atom is 0.255 e. The number of nitrogens with zero attached hydrogens (tertiary/aromatic N) is 1. The second-order valence-corrected chi connectivity index (χ2v) is 7.84. The lowest BCUT2D eigenvalue weighted by atomic mass is 10.0. The average Bonchev–Trinajstić information content (AvgIpc) is 2.69. The van der Waals surface area contributed by atoms with E-state index in [-0.39, 0.29) is 17.6 Å². The molecule has 5 nitrogen and oxygen atoms in total. The highest BCUT2D eigenvalue weighted by Crippen LogP contribution is 2.29. The van der Waals surface area contributed by atoms with Gasteiger partial charge in [0.25, 0.3) is 5.91 Å². The van der Waals surface area contributed by atoms with Gasteiger partial charge in [0.15, 0.2) is 0 Å². The van der Waals surface area contributed by atoms with Crippen LogP contribution < -0.4 is 5.32 Å². The smallest absolute Gasteiger partial charge is 0.255 e. The van der Waals surface area contributed by atoms with Gasteiger partial charge in [-0.25, -0.2) is 8.42 Å². The van der Waals surface area contributed by atoms with Gasteiger partial charge >= 0.3 is 0 Å². The highest BCUT2D eigenvalue weighted by atomic mass is 35.5. The summed E-state index contributed by atoms with van der Waals surface area (Å²) in [5.41, 5.74) is 3.42. The van der Waals surface area contributed by atoms with Crippen molar-refractivity contribution in [3.63, 3.8) is 0 Å². The zero-order valence-corrected chi connectivity index (χ0v) is 16.8. The van der Waals surface area contributed by atoms with E-state index in [1.54, 1.807) is 48.7 Å².